The van der Waals surface area contributed by atoms with Crippen LogP contribution in [0.4, 0.5) is 0 Å². The second kappa shape index (κ2) is 5.30. The largest absolute Gasteiger partial charge is 0.264 e. The molecule has 0 aliphatic heterocycles. The summed E-state index contributed by atoms with van der Waals surface area (Å²) in [6, 6.07) is 4.28. The Balaban J connectivity index is 1.53. The van der Waals surface area contributed by atoms with E-state index < -0.39 is 0 Å². The fourth-order valence-corrected chi connectivity index (χ4v) is 6.24. The summed E-state index contributed by atoms with van der Waals surface area (Å²) >= 11 is 0. The molecule has 0 saturated heterocycles. The van der Waals surface area contributed by atoms with Gasteiger partial charge in [0, 0.05) is 17.8 Å². The lowest BCUT2D eigenvalue weighted by atomic mass is 9.50. The molecule has 0 spiro atoms. The van der Waals surface area contributed by atoms with Gasteiger partial charge in [-0.1, -0.05) is 55.9 Å². The van der Waals surface area contributed by atoms with Gasteiger partial charge in [0.05, 0.1) is 0 Å². The van der Waals surface area contributed by atoms with Crippen molar-refractivity contribution in [3.63, 3.8) is 0 Å². The zero-order chi connectivity index (χ0) is 17.1. The first-order valence-electron chi connectivity index (χ1n) is 9.83. The molecule has 1 aromatic rings. The minimum absolute atomic E-state index is 0.205. The molecule has 25 heavy (non-hydrogen) atoms. The number of fused-ring (bicyclic) bond motifs is 5. The lowest BCUT2D eigenvalue weighted by Crippen LogP contribution is -2.45. The number of rotatable bonds is 1. The molecular formula is C24H27N. The first-order chi connectivity index (χ1) is 12.1. The van der Waals surface area contributed by atoms with Gasteiger partial charge in [-0.2, -0.15) is 0 Å². The molecule has 0 bridgehead atoms. The summed E-state index contributed by atoms with van der Waals surface area (Å²) < 4.78 is 0. The van der Waals surface area contributed by atoms with Gasteiger partial charge in [0.2, 0.25) is 0 Å². The highest BCUT2D eigenvalue weighted by molar-refractivity contribution is 5.78. The molecule has 1 heterocycles. The van der Waals surface area contributed by atoms with Gasteiger partial charge in [0.15, 0.2) is 0 Å². The van der Waals surface area contributed by atoms with Crippen LogP contribution in [-0.4, -0.2) is 4.98 Å². The van der Waals surface area contributed by atoms with Crippen LogP contribution in [0.3, 0.4) is 0 Å². The number of allylic oxidation sites excluding steroid dienone is 8. The molecule has 128 valence electrons. The second-order valence-electron chi connectivity index (χ2n) is 8.78. The molecule has 1 saturated carbocycles. The van der Waals surface area contributed by atoms with Crippen molar-refractivity contribution in [2.45, 2.75) is 46.0 Å². The van der Waals surface area contributed by atoms with Crippen LogP contribution in [0, 0.1) is 22.7 Å². The molecule has 0 aromatic carbocycles. The van der Waals surface area contributed by atoms with Crippen LogP contribution in [0.5, 0.6) is 0 Å². The summed E-state index contributed by atoms with van der Waals surface area (Å²) in [6.07, 6.45) is 22.5. The monoisotopic (exact) mass is 329 g/mol. The van der Waals surface area contributed by atoms with Crippen LogP contribution in [-0.2, 0) is 0 Å². The Morgan fingerprint density at radius 3 is 2.92 bits per heavy atom. The smallest absolute Gasteiger partial charge is 0.0343 e. The van der Waals surface area contributed by atoms with Crippen molar-refractivity contribution in [1.82, 2.24) is 4.98 Å². The maximum Gasteiger partial charge on any atom is 0.0343 e. The van der Waals surface area contributed by atoms with Gasteiger partial charge in [-0.3, -0.25) is 4.98 Å². The van der Waals surface area contributed by atoms with E-state index in [1.165, 1.54) is 43.2 Å². The molecule has 1 nitrogen and oxygen atoms in total. The van der Waals surface area contributed by atoms with Gasteiger partial charge >= 0.3 is 0 Å². The minimum atomic E-state index is 0.205. The standard InChI is InChI=1S/C24H27N/c1-23-13-4-3-7-18(23)8-9-19-21-11-10-20(17-6-5-15-25-16-17)24(21,2)14-12-22(19)23/h3,5-8,10-11,15-16,19,22H,4,9,12-14H2,1-2H3. The quantitative estimate of drug-likeness (QED) is 0.604. The maximum absolute atomic E-state index is 4.36. The van der Waals surface area contributed by atoms with Gasteiger partial charge in [0.25, 0.3) is 0 Å². The maximum atomic E-state index is 4.36. The van der Waals surface area contributed by atoms with Gasteiger partial charge in [-0.05, 0) is 72.1 Å². The summed E-state index contributed by atoms with van der Waals surface area (Å²) in [5.41, 5.74) is 6.68. The topological polar surface area (TPSA) is 12.9 Å². The van der Waals surface area contributed by atoms with Crippen LogP contribution in [0.25, 0.3) is 5.57 Å². The Kier molecular flexibility index (Phi) is 3.26. The minimum Gasteiger partial charge on any atom is -0.264 e. The predicted octanol–water partition coefficient (Wildman–Crippen LogP) is 6.12. The summed E-state index contributed by atoms with van der Waals surface area (Å²) in [6.45, 7) is 5.01. The Labute approximate surface area is 151 Å². The Bertz CT molecular complexity index is 825. The van der Waals surface area contributed by atoms with Crippen molar-refractivity contribution in [3.8, 4) is 0 Å². The van der Waals surface area contributed by atoms with E-state index in [1.807, 2.05) is 12.4 Å². The fraction of sp³-hybridized carbons (Fsp3) is 0.458. The van der Waals surface area contributed by atoms with E-state index in [0.717, 1.165) is 5.92 Å². The zero-order valence-electron chi connectivity index (χ0n) is 15.3. The van der Waals surface area contributed by atoms with Crippen molar-refractivity contribution in [2.75, 3.05) is 0 Å². The summed E-state index contributed by atoms with van der Waals surface area (Å²) in [5.74, 6) is 1.52. The highest BCUT2D eigenvalue weighted by atomic mass is 14.6. The van der Waals surface area contributed by atoms with E-state index in [1.54, 1.807) is 11.1 Å². The first-order valence-corrected chi connectivity index (χ1v) is 9.83. The highest BCUT2D eigenvalue weighted by Gasteiger charge is 2.53. The second-order valence-corrected chi connectivity index (χ2v) is 8.78. The van der Waals surface area contributed by atoms with Crippen LogP contribution < -0.4 is 0 Å². The molecule has 1 fully saturated rings. The van der Waals surface area contributed by atoms with Gasteiger partial charge in [-0.15, -0.1) is 0 Å². The van der Waals surface area contributed by atoms with Crippen molar-refractivity contribution in [3.05, 3.63) is 71.6 Å². The van der Waals surface area contributed by atoms with Crippen molar-refractivity contribution >= 4 is 5.57 Å². The van der Waals surface area contributed by atoms with Crippen molar-refractivity contribution in [1.29, 1.82) is 0 Å². The zero-order valence-corrected chi connectivity index (χ0v) is 15.3. The van der Waals surface area contributed by atoms with Crippen LogP contribution >= 0.6 is 0 Å². The third kappa shape index (κ3) is 2.05. The summed E-state index contributed by atoms with van der Waals surface area (Å²) in [4.78, 5) is 4.36. The summed E-state index contributed by atoms with van der Waals surface area (Å²) in [7, 11) is 0. The number of hydrogen-bond donors (Lipinski definition) is 0. The lowest BCUT2D eigenvalue weighted by molar-refractivity contribution is 0.0945. The number of pyridine rings is 1. The van der Waals surface area contributed by atoms with Gasteiger partial charge in [0.1, 0.15) is 0 Å². The van der Waals surface area contributed by atoms with E-state index in [4.69, 9.17) is 0 Å². The average Bonchev–Trinajstić information content (AvgIpc) is 2.99. The van der Waals surface area contributed by atoms with E-state index in [-0.39, 0.29) is 5.41 Å². The molecule has 4 aliphatic rings. The van der Waals surface area contributed by atoms with Crippen LogP contribution in [0.2, 0.25) is 0 Å². The van der Waals surface area contributed by atoms with Crippen LogP contribution in [0.15, 0.2) is 66.1 Å². The number of nitrogens with zero attached hydrogens (tertiary/aromatic N) is 1. The van der Waals surface area contributed by atoms with Crippen molar-refractivity contribution < 1.29 is 0 Å². The van der Waals surface area contributed by atoms with E-state index in [0.29, 0.717) is 11.3 Å². The Morgan fingerprint density at radius 1 is 1.16 bits per heavy atom. The molecule has 1 heteroatoms. The van der Waals surface area contributed by atoms with E-state index in [9.17, 15) is 0 Å². The Morgan fingerprint density at radius 2 is 2.08 bits per heavy atom. The molecule has 0 radical (unpaired) electrons. The van der Waals surface area contributed by atoms with Gasteiger partial charge < -0.3 is 0 Å². The molecule has 0 amide bonds. The van der Waals surface area contributed by atoms with E-state index >= 15 is 0 Å². The average molecular weight is 329 g/mol. The molecule has 1 aromatic heterocycles. The molecule has 5 rings (SSSR count). The molecule has 0 N–H and O–H groups in total. The molecule has 4 atom stereocenters. The summed E-state index contributed by atoms with van der Waals surface area (Å²) in [5, 5.41) is 0. The first kappa shape index (κ1) is 15.4. The third-order valence-corrected chi connectivity index (χ3v) is 7.67. The SMILES string of the molecule is CC12CCC3C(CC=C4C=CCCC43C)C1=CC=C2c1cccnc1. The van der Waals surface area contributed by atoms with Gasteiger partial charge in [-0.25, -0.2) is 0 Å². The molecule has 4 aliphatic carbocycles. The number of aromatic nitrogens is 1. The fourth-order valence-electron chi connectivity index (χ4n) is 6.24. The van der Waals surface area contributed by atoms with Crippen LogP contribution in [0.1, 0.15) is 51.5 Å². The third-order valence-electron chi connectivity index (χ3n) is 7.67. The lowest BCUT2D eigenvalue weighted by Gasteiger charge is -2.54. The normalized spacial score (nSPS) is 38.9. The van der Waals surface area contributed by atoms with Crippen molar-refractivity contribution in [2.24, 2.45) is 22.7 Å². The highest BCUT2D eigenvalue weighted by Crippen LogP contribution is 2.64. The van der Waals surface area contributed by atoms with E-state index in [2.05, 4.69) is 61.3 Å². The Hall–Kier alpha value is -1.89. The molecule has 4 unspecified atom stereocenters. The number of hydrogen-bond acceptors (Lipinski definition) is 1. The predicted molar refractivity (Wildman–Crippen MR) is 104 cm³/mol. The molecular weight excluding hydrogens is 302 g/mol.